The number of hydrogen-bond donors (Lipinski definition) is 1. The third-order valence-electron chi connectivity index (χ3n) is 5.20. The summed E-state index contributed by atoms with van der Waals surface area (Å²) in [7, 11) is 0. The van der Waals surface area contributed by atoms with Crippen LogP contribution < -0.4 is 5.73 Å². The number of benzene rings is 1. The van der Waals surface area contributed by atoms with Gasteiger partial charge in [0.25, 0.3) is 0 Å². The molecule has 1 aromatic carbocycles. The number of amides is 3. The van der Waals surface area contributed by atoms with Gasteiger partial charge < -0.3 is 15.5 Å². The second-order valence-corrected chi connectivity index (χ2v) is 6.95. The Balaban J connectivity index is 1.56. The average molecular weight is 358 g/mol. The zero-order valence-electron chi connectivity index (χ0n) is 15.0. The number of piperazine rings is 1. The molecular weight excluding hydrogens is 332 g/mol. The number of carbonyl (C=O) groups is 3. The van der Waals surface area contributed by atoms with Crippen molar-refractivity contribution < 1.29 is 14.4 Å². The summed E-state index contributed by atoms with van der Waals surface area (Å²) in [4.78, 5) is 41.5. The molecule has 2 saturated heterocycles. The van der Waals surface area contributed by atoms with E-state index in [2.05, 4.69) is 17.0 Å². The van der Waals surface area contributed by atoms with Gasteiger partial charge in [-0.05, 0) is 18.4 Å². The molecule has 2 aliphatic rings. The molecule has 3 amide bonds. The predicted octanol–water partition coefficient (Wildman–Crippen LogP) is -0.150. The van der Waals surface area contributed by atoms with Crippen molar-refractivity contribution in [2.45, 2.75) is 25.3 Å². The molecule has 2 N–H and O–H groups in total. The van der Waals surface area contributed by atoms with E-state index in [1.165, 1.54) is 5.56 Å². The second kappa shape index (κ2) is 8.31. The number of likely N-dealkylation sites (tertiary alicyclic amines) is 1. The van der Waals surface area contributed by atoms with Gasteiger partial charge in [0.05, 0.1) is 6.54 Å². The Morgan fingerprint density at radius 1 is 1.12 bits per heavy atom. The van der Waals surface area contributed by atoms with Crippen LogP contribution in [-0.4, -0.2) is 77.7 Å². The fourth-order valence-corrected chi connectivity index (χ4v) is 3.64. The summed E-state index contributed by atoms with van der Waals surface area (Å²) in [5.41, 5.74) is 6.80. The molecule has 1 aromatic rings. The van der Waals surface area contributed by atoms with Crippen LogP contribution in [0.2, 0.25) is 0 Å². The molecule has 7 nitrogen and oxygen atoms in total. The topological polar surface area (TPSA) is 87.0 Å². The maximum atomic E-state index is 12.5. The van der Waals surface area contributed by atoms with Crippen LogP contribution in [0.1, 0.15) is 18.4 Å². The van der Waals surface area contributed by atoms with Gasteiger partial charge in [0, 0.05) is 39.1 Å². The zero-order valence-corrected chi connectivity index (χ0v) is 15.0. The number of rotatable bonds is 6. The summed E-state index contributed by atoms with van der Waals surface area (Å²) >= 11 is 0. The van der Waals surface area contributed by atoms with Gasteiger partial charge in [0.15, 0.2) is 0 Å². The standard InChI is InChI=1S/C19H26N4O3/c20-19(26)16-13-23(18(25)14-22-9-4-7-17(22)24)12-11-21(16)10-8-15-5-2-1-3-6-15/h1-3,5-6,16H,4,7-14H2,(H2,20,26)/t16-/m0/s1. The molecule has 2 fully saturated rings. The lowest BCUT2D eigenvalue weighted by molar-refractivity contribution is -0.142. The van der Waals surface area contributed by atoms with Gasteiger partial charge in [-0.3, -0.25) is 19.3 Å². The van der Waals surface area contributed by atoms with Crippen molar-refractivity contribution in [2.75, 3.05) is 39.3 Å². The summed E-state index contributed by atoms with van der Waals surface area (Å²) in [6.45, 7) is 2.93. The highest BCUT2D eigenvalue weighted by Gasteiger charge is 2.34. The Morgan fingerprint density at radius 3 is 2.54 bits per heavy atom. The van der Waals surface area contributed by atoms with E-state index in [1.54, 1.807) is 9.80 Å². The highest BCUT2D eigenvalue weighted by Crippen LogP contribution is 2.14. The van der Waals surface area contributed by atoms with Gasteiger partial charge in [-0.1, -0.05) is 30.3 Å². The van der Waals surface area contributed by atoms with Crippen LogP contribution in [0.25, 0.3) is 0 Å². The largest absolute Gasteiger partial charge is 0.368 e. The first-order valence-corrected chi connectivity index (χ1v) is 9.17. The van der Waals surface area contributed by atoms with Gasteiger partial charge >= 0.3 is 0 Å². The maximum Gasteiger partial charge on any atom is 0.242 e. The first-order chi connectivity index (χ1) is 12.5. The molecule has 26 heavy (non-hydrogen) atoms. The zero-order chi connectivity index (χ0) is 18.5. The Morgan fingerprint density at radius 2 is 1.88 bits per heavy atom. The normalized spacial score (nSPS) is 21.2. The minimum Gasteiger partial charge on any atom is -0.368 e. The Kier molecular flexibility index (Phi) is 5.88. The van der Waals surface area contributed by atoms with Gasteiger partial charge in [-0.15, -0.1) is 0 Å². The van der Waals surface area contributed by atoms with Crippen molar-refractivity contribution in [1.29, 1.82) is 0 Å². The van der Waals surface area contributed by atoms with Crippen molar-refractivity contribution in [2.24, 2.45) is 5.73 Å². The van der Waals surface area contributed by atoms with Gasteiger partial charge in [-0.25, -0.2) is 0 Å². The number of carbonyl (C=O) groups excluding carboxylic acids is 3. The highest BCUT2D eigenvalue weighted by molar-refractivity contribution is 5.87. The van der Waals surface area contributed by atoms with E-state index >= 15 is 0 Å². The van der Waals surface area contributed by atoms with Crippen molar-refractivity contribution in [3.05, 3.63) is 35.9 Å². The van der Waals surface area contributed by atoms with Crippen molar-refractivity contribution in [3.8, 4) is 0 Å². The molecule has 2 aliphatic heterocycles. The molecular formula is C19H26N4O3. The molecule has 0 unspecified atom stereocenters. The Bertz CT molecular complexity index is 664. The molecule has 2 heterocycles. The number of hydrogen-bond acceptors (Lipinski definition) is 4. The molecule has 0 aromatic heterocycles. The second-order valence-electron chi connectivity index (χ2n) is 6.95. The van der Waals surface area contributed by atoms with Crippen LogP contribution in [0.3, 0.4) is 0 Å². The lowest BCUT2D eigenvalue weighted by atomic mass is 10.1. The van der Waals surface area contributed by atoms with Gasteiger partial charge in [0.2, 0.25) is 17.7 Å². The molecule has 0 saturated carbocycles. The fraction of sp³-hybridized carbons (Fsp3) is 0.526. The monoisotopic (exact) mass is 358 g/mol. The SMILES string of the molecule is NC(=O)[C@@H]1CN(C(=O)CN2CCCC2=O)CCN1CCc1ccccc1. The molecule has 1 atom stereocenters. The summed E-state index contributed by atoms with van der Waals surface area (Å²) in [5.74, 6) is -0.478. The molecule has 0 radical (unpaired) electrons. The van der Waals surface area contributed by atoms with Crippen LogP contribution in [0.15, 0.2) is 30.3 Å². The first kappa shape index (κ1) is 18.4. The maximum absolute atomic E-state index is 12.5. The van der Waals surface area contributed by atoms with Crippen LogP contribution in [-0.2, 0) is 20.8 Å². The number of nitrogens with zero attached hydrogens (tertiary/aromatic N) is 3. The molecule has 7 heteroatoms. The van der Waals surface area contributed by atoms with E-state index in [-0.39, 0.29) is 18.4 Å². The van der Waals surface area contributed by atoms with E-state index in [4.69, 9.17) is 5.73 Å². The van der Waals surface area contributed by atoms with Crippen LogP contribution >= 0.6 is 0 Å². The minimum absolute atomic E-state index is 0.0336. The summed E-state index contributed by atoms with van der Waals surface area (Å²) < 4.78 is 0. The minimum atomic E-state index is -0.481. The number of primary amides is 1. The summed E-state index contributed by atoms with van der Waals surface area (Å²) in [6, 6.07) is 9.61. The Hall–Kier alpha value is -2.41. The first-order valence-electron chi connectivity index (χ1n) is 9.17. The number of nitrogens with two attached hydrogens (primary N) is 1. The quantitative estimate of drug-likeness (QED) is 0.766. The fourth-order valence-electron chi connectivity index (χ4n) is 3.64. The molecule has 0 aliphatic carbocycles. The van der Waals surface area contributed by atoms with Gasteiger partial charge in [0.1, 0.15) is 6.04 Å². The van der Waals surface area contributed by atoms with E-state index in [0.29, 0.717) is 32.6 Å². The molecule has 0 bridgehead atoms. The predicted molar refractivity (Wildman–Crippen MR) is 97.1 cm³/mol. The summed E-state index contributed by atoms with van der Waals surface area (Å²) in [6.07, 6.45) is 2.16. The molecule has 0 spiro atoms. The highest BCUT2D eigenvalue weighted by atomic mass is 16.2. The van der Waals surface area contributed by atoms with Crippen LogP contribution in [0.4, 0.5) is 0 Å². The van der Waals surface area contributed by atoms with Crippen LogP contribution in [0, 0.1) is 0 Å². The third kappa shape index (κ3) is 4.40. The lowest BCUT2D eigenvalue weighted by Gasteiger charge is -2.40. The van der Waals surface area contributed by atoms with Gasteiger partial charge in [-0.2, -0.15) is 0 Å². The smallest absolute Gasteiger partial charge is 0.242 e. The van der Waals surface area contributed by atoms with E-state index in [0.717, 1.165) is 19.4 Å². The summed E-state index contributed by atoms with van der Waals surface area (Å²) in [5, 5.41) is 0. The average Bonchev–Trinajstić information content (AvgIpc) is 3.05. The van der Waals surface area contributed by atoms with Crippen molar-refractivity contribution in [3.63, 3.8) is 0 Å². The van der Waals surface area contributed by atoms with Crippen molar-refractivity contribution >= 4 is 17.7 Å². The molecule has 140 valence electrons. The Labute approximate surface area is 153 Å². The third-order valence-corrected chi connectivity index (χ3v) is 5.20. The van der Waals surface area contributed by atoms with E-state index in [9.17, 15) is 14.4 Å². The van der Waals surface area contributed by atoms with E-state index in [1.807, 2.05) is 18.2 Å². The lowest BCUT2D eigenvalue weighted by Crippen LogP contribution is -2.60. The van der Waals surface area contributed by atoms with Crippen molar-refractivity contribution in [1.82, 2.24) is 14.7 Å². The van der Waals surface area contributed by atoms with E-state index < -0.39 is 11.9 Å². The van der Waals surface area contributed by atoms with Crippen LogP contribution in [0.5, 0.6) is 0 Å². The molecule has 3 rings (SSSR count).